The number of fused-ring (bicyclic) bond motifs is 1. The van der Waals surface area contributed by atoms with Gasteiger partial charge in [-0.2, -0.15) is 4.99 Å². The number of thioether (sulfide) groups is 1. The van der Waals surface area contributed by atoms with Crippen LogP contribution in [-0.4, -0.2) is 47.2 Å². The summed E-state index contributed by atoms with van der Waals surface area (Å²) in [4.78, 5) is 18.9. The molecule has 0 N–H and O–H groups in total. The molecule has 2 aliphatic rings. The first-order valence-corrected chi connectivity index (χ1v) is 11.9. The standard InChI is InChI=1S/C18H23ClN2O3S2/c1-3-13(4-2)17(22)20-18-21(9-12-5-7-14(19)8-6-12)15-10-26(23,24)11-16(15)25-18/h5-8,13,15-16H,3-4,9-11H2,1-2H3/t15-,16+/m1/s1. The van der Waals surface area contributed by atoms with Crippen LogP contribution in [0.2, 0.25) is 5.02 Å². The van der Waals surface area contributed by atoms with Gasteiger partial charge in [0.25, 0.3) is 5.91 Å². The van der Waals surface area contributed by atoms with Crippen molar-refractivity contribution in [1.29, 1.82) is 0 Å². The number of hydrogen-bond donors (Lipinski definition) is 0. The Bertz CT molecular complexity index is 804. The van der Waals surface area contributed by atoms with Gasteiger partial charge in [-0.3, -0.25) is 4.79 Å². The highest BCUT2D eigenvalue weighted by molar-refractivity contribution is 8.15. The van der Waals surface area contributed by atoms with Crippen molar-refractivity contribution in [3.63, 3.8) is 0 Å². The Balaban J connectivity index is 1.88. The Morgan fingerprint density at radius 1 is 1.27 bits per heavy atom. The molecule has 0 aliphatic carbocycles. The number of halogens is 1. The zero-order chi connectivity index (χ0) is 18.9. The molecule has 0 bridgehead atoms. The van der Waals surface area contributed by atoms with Crippen LogP contribution >= 0.6 is 23.4 Å². The summed E-state index contributed by atoms with van der Waals surface area (Å²) >= 11 is 7.38. The number of benzene rings is 1. The molecule has 8 heteroatoms. The van der Waals surface area contributed by atoms with E-state index in [2.05, 4.69) is 4.99 Å². The molecule has 2 fully saturated rings. The average molecular weight is 415 g/mol. The fraction of sp³-hybridized carbons (Fsp3) is 0.556. The minimum absolute atomic E-state index is 0.0550. The van der Waals surface area contributed by atoms with Gasteiger partial charge >= 0.3 is 0 Å². The SMILES string of the molecule is CCC(CC)C(=O)N=C1S[C@H]2CS(=O)(=O)C[C@H]2N1Cc1ccc(Cl)cc1. The molecule has 1 aromatic rings. The second kappa shape index (κ2) is 7.90. The Kier molecular flexibility index (Phi) is 5.99. The van der Waals surface area contributed by atoms with Gasteiger partial charge in [0.15, 0.2) is 15.0 Å². The van der Waals surface area contributed by atoms with E-state index < -0.39 is 9.84 Å². The lowest BCUT2D eigenvalue weighted by Gasteiger charge is -2.24. The predicted octanol–water partition coefficient (Wildman–Crippen LogP) is 3.37. The number of amides is 1. The smallest absolute Gasteiger partial charge is 0.251 e. The van der Waals surface area contributed by atoms with Crippen LogP contribution in [0.1, 0.15) is 32.3 Å². The van der Waals surface area contributed by atoms with Gasteiger partial charge in [-0.25, -0.2) is 8.42 Å². The van der Waals surface area contributed by atoms with Gasteiger partial charge in [-0.05, 0) is 30.5 Å². The number of amidine groups is 1. The van der Waals surface area contributed by atoms with E-state index >= 15 is 0 Å². The van der Waals surface area contributed by atoms with Crippen molar-refractivity contribution in [2.45, 2.75) is 44.5 Å². The van der Waals surface area contributed by atoms with E-state index in [1.165, 1.54) is 11.8 Å². The molecule has 142 valence electrons. The predicted molar refractivity (Wildman–Crippen MR) is 107 cm³/mol. The highest BCUT2D eigenvalue weighted by atomic mass is 35.5. The Hall–Kier alpha value is -1.05. The lowest BCUT2D eigenvalue weighted by atomic mass is 10.0. The number of sulfone groups is 1. The maximum atomic E-state index is 12.5. The van der Waals surface area contributed by atoms with Gasteiger partial charge in [-0.15, -0.1) is 0 Å². The summed E-state index contributed by atoms with van der Waals surface area (Å²) in [7, 11) is -3.04. The first kappa shape index (κ1) is 19.7. The Morgan fingerprint density at radius 2 is 1.92 bits per heavy atom. The van der Waals surface area contributed by atoms with Crippen LogP contribution in [0.25, 0.3) is 0 Å². The van der Waals surface area contributed by atoms with Gasteiger partial charge in [0.2, 0.25) is 0 Å². The molecule has 2 atom stereocenters. The van der Waals surface area contributed by atoms with E-state index in [9.17, 15) is 13.2 Å². The first-order chi connectivity index (χ1) is 12.3. The summed E-state index contributed by atoms with van der Waals surface area (Å²) in [6.45, 7) is 4.50. The molecule has 2 heterocycles. The summed E-state index contributed by atoms with van der Waals surface area (Å²) in [6.07, 6.45) is 1.52. The normalized spacial score (nSPS) is 25.8. The fourth-order valence-electron chi connectivity index (χ4n) is 3.43. The molecular weight excluding hydrogens is 392 g/mol. The zero-order valence-electron chi connectivity index (χ0n) is 14.9. The van der Waals surface area contributed by atoms with E-state index in [0.29, 0.717) is 16.7 Å². The quantitative estimate of drug-likeness (QED) is 0.738. The number of rotatable bonds is 5. The Labute approximate surface area is 164 Å². The third-order valence-electron chi connectivity index (χ3n) is 4.98. The molecule has 0 radical (unpaired) electrons. The third kappa shape index (κ3) is 4.26. The van der Waals surface area contributed by atoms with Gasteiger partial charge in [0.05, 0.1) is 17.5 Å². The molecule has 0 unspecified atom stereocenters. The number of carbonyl (C=O) groups excluding carboxylic acids is 1. The molecule has 2 saturated heterocycles. The molecule has 3 rings (SSSR count). The van der Waals surface area contributed by atoms with Gasteiger partial charge in [0.1, 0.15) is 0 Å². The summed E-state index contributed by atoms with van der Waals surface area (Å²) < 4.78 is 24.1. The van der Waals surface area contributed by atoms with Crippen molar-refractivity contribution in [2.24, 2.45) is 10.9 Å². The van der Waals surface area contributed by atoms with Crippen molar-refractivity contribution in [3.05, 3.63) is 34.9 Å². The second-order valence-electron chi connectivity index (χ2n) is 6.80. The second-order valence-corrected chi connectivity index (χ2v) is 10.6. The summed E-state index contributed by atoms with van der Waals surface area (Å²) in [5.74, 6) is 0.0831. The summed E-state index contributed by atoms with van der Waals surface area (Å²) in [5, 5.41) is 1.26. The van der Waals surface area contributed by atoms with E-state index in [1.807, 2.05) is 43.0 Å². The van der Waals surface area contributed by atoms with Crippen LogP contribution in [0.15, 0.2) is 29.3 Å². The van der Waals surface area contributed by atoms with Crippen LogP contribution < -0.4 is 0 Å². The molecule has 0 saturated carbocycles. The van der Waals surface area contributed by atoms with Crippen LogP contribution in [0.4, 0.5) is 0 Å². The lowest BCUT2D eigenvalue weighted by Crippen LogP contribution is -2.37. The van der Waals surface area contributed by atoms with Crippen LogP contribution in [-0.2, 0) is 21.2 Å². The van der Waals surface area contributed by atoms with E-state index in [1.54, 1.807) is 0 Å². The van der Waals surface area contributed by atoms with Crippen molar-refractivity contribution < 1.29 is 13.2 Å². The highest BCUT2D eigenvalue weighted by Crippen LogP contribution is 2.39. The zero-order valence-corrected chi connectivity index (χ0v) is 17.3. The molecular formula is C18H23ClN2O3S2. The molecule has 1 aromatic carbocycles. The largest absolute Gasteiger partial charge is 0.342 e. The topological polar surface area (TPSA) is 66.8 Å². The average Bonchev–Trinajstić information content (AvgIpc) is 3.03. The number of hydrogen-bond acceptors (Lipinski definition) is 4. The minimum Gasteiger partial charge on any atom is -0.342 e. The molecule has 26 heavy (non-hydrogen) atoms. The first-order valence-electron chi connectivity index (χ1n) is 8.83. The lowest BCUT2D eigenvalue weighted by molar-refractivity contribution is -0.121. The van der Waals surface area contributed by atoms with Crippen molar-refractivity contribution in [2.75, 3.05) is 11.5 Å². The Morgan fingerprint density at radius 3 is 2.54 bits per heavy atom. The third-order valence-corrected chi connectivity index (χ3v) is 8.48. The van der Waals surface area contributed by atoms with Gasteiger partial charge < -0.3 is 4.90 Å². The molecule has 2 aliphatic heterocycles. The van der Waals surface area contributed by atoms with Crippen LogP contribution in [0, 0.1) is 5.92 Å². The van der Waals surface area contributed by atoms with E-state index in [0.717, 1.165) is 18.4 Å². The van der Waals surface area contributed by atoms with Crippen molar-refractivity contribution in [3.8, 4) is 0 Å². The molecule has 1 amide bonds. The maximum Gasteiger partial charge on any atom is 0.251 e. The van der Waals surface area contributed by atoms with E-state index in [-0.39, 0.29) is 34.6 Å². The fourth-order valence-corrected chi connectivity index (χ4v) is 7.51. The molecule has 5 nitrogen and oxygen atoms in total. The number of carbonyl (C=O) groups is 1. The minimum atomic E-state index is -3.04. The van der Waals surface area contributed by atoms with Crippen LogP contribution in [0.3, 0.4) is 0 Å². The maximum absolute atomic E-state index is 12.5. The van der Waals surface area contributed by atoms with Crippen molar-refractivity contribution in [1.82, 2.24) is 4.90 Å². The number of nitrogens with zero attached hydrogens (tertiary/aromatic N) is 2. The monoisotopic (exact) mass is 414 g/mol. The van der Waals surface area contributed by atoms with E-state index in [4.69, 9.17) is 11.6 Å². The van der Waals surface area contributed by atoms with Gasteiger partial charge in [-0.1, -0.05) is 49.3 Å². The summed E-state index contributed by atoms with van der Waals surface area (Å²) in [5.41, 5.74) is 1.02. The highest BCUT2D eigenvalue weighted by Gasteiger charge is 2.48. The van der Waals surface area contributed by atoms with Gasteiger partial charge in [0, 0.05) is 22.7 Å². The molecule has 0 aromatic heterocycles. The summed E-state index contributed by atoms with van der Waals surface area (Å²) in [6, 6.07) is 7.34. The molecule has 0 spiro atoms. The number of aliphatic imine (C=N–C) groups is 1. The van der Waals surface area contributed by atoms with Crippen molar-refractivity contribution >= 4 is 44.3 Å². The van der Waals surface area contributed by atoms with Crippen LogP contribution in [0.5, 0.6) is 0 Å².